The maximum absolute atomic E-state index is 10.7. The first-order chi connectivity index (χ1) is 18.8. The topological polar surface area (TPSA) is 150 Å². The molecule has 2 unspecified atom stereocenters. The van der Waals surface area contributed by atoms with Crippen LogP contribution in [0.4, 0.5) is 0 Å². The van der Waals surface area contributed by atoms with Gasteiger partial charge in [-0.25, -0.2) is 0 Å². The van der Waals surface area contributed by atoms with Gasteiger partial charge >= 0.3 is 0 Å². The van der Waals surface area contributed by atoms with Crippen molar-refractivity contribution in [3.8, 4) is 17.2 Å². The normalized spacial score (nSPS) is 13.9. The Morgan fingerprint density at radius 1 is 1.05 bits per heavy atom. The van der Waals surface area contributed by atoms with Gasteiger partial charge in [0.1, 0.15) is 12.0 Å². The fourth-order valence-electron chi connectivity index (χ4n) is 4.13. The van der Waals surface area contributed by atoms with E-state index < -0.39 is 0 Å². The van der Waals surface area contributed by atoms with Gasteiger partial charge in [0, 0.05) is 6.04 Å². The lowest BCUT2D eigenvalue weighted by atomic mass is 9.85. The number of carbonyl (C=O) groups is 2. The molecule has 6 N–H and O–H groups in total. The lowest BCUT2D eigenvalue weighted by molar-refractivity contribution is -0.117. The van der Waals surface area contributed by atoms with Gasteiger partial charge in [-0.2, -0.15) is 0 Å². The molecule has 0 bridgehead atoms. The number of hydrogen-bond donors (Lipinski definition) is 4. The molecule has 0 aromatic heterocycles. The third kappa shape index (κ3) is 14.9. The highest BCUT2D eigenvalue weighted by molar-refractivity contribution is 5.76. The van der Waals surface area contributed by atoms with Gasteiger partial charge in [0.15, 0.2) is 11.5 Å². The van der Waals surface area contributed by atoms with Crippen molar-refractivity contribution in [2.45, 2.75) is 64.0 Å². The predicted octanol–water partition coefficient (Wildman–Crippen LogP) is 4.46. The molecule has 9 heteroatoms. The van der Waals surface area contributed by atoms with Crippen molar-refractivity contribution in [1.82, 2.24) is 5.32 Å². The summed E-state index contributed by atoms with van der Waals surface area (Å²) in [6.45, 7) is 4.62. The van der Waals surface area contributed by atoms with E-state index in [1.807, 2.05) is 25.2 Å². The molecule has 2 aromatic rings. The molecule has 1 fully saturated rings. The average Bonchev–Trinajstić information content (AvgIpc) is 2.98. The van der Waals surface area contributed by atoms with E-state index in [9.17, 15) is 9.59 Å². The number of primary amides is 1. The van der Waals surface area contributed by atoms with Crippen LogP contribution < -0.4 is 31.0 Å². The molecule has 39 heavy (non-hydrogen) atoms. The zero-order valence-electron chi connectivity index (χ0n) is 24.2. The van der Waals surface area contributed by atoms with Gasteiger partial charge in [0.25, 0.3) is 0 Å². The molecule has 3 rings (SSSR count). The minimum atomic E-state index is -0.364. The molecule has 2 aromatic carbocycles. The molecule has 218 valence electrons. The first kappa shape index (κ1) is 35.6. The van der Waals surface area contributed by atoms with E-state index in [0.29, 0.717) is 17.5 Å². The van der Waals surface area contributed by atoms with E-state index in [1.54, 1.807) is 39.5 Å². The predicted molar refractivity (Wildman–Crippen MR) is 158 cm³/mol. The van der Waals surface area contributed by atoms with Crippen molar-refractivity contribution in [3.63, 3.8) is 0 Å². The third-order valence-corrected chi connectivity index (χ3v) is 6.36. The highest BCUT2D eigenvalue weighted by atomic mass is 16.5. The smallest absolute Gasteiger partial charge is 0.221 e. The van der Waals surface area contributed by atoms with Crippen molar-refractivity contribution >= 4 is 18.9 Å². The van der Waals surface area contributed by atoms with Crippen LogP contribution in [0.15, 0.2) is 42.5 Å². The Bertz CT molecular complexity index is 951. The van der Waals surface area contributed by atoms with Gasteiger partial charge in [-0.15, -0.1) is 0 Å². The molecule has 1 amide bonds. The second kappa shape index (κ2) is 21.5. The summed E-state index contributed by atoms with van der Waals surface area (Å²) in [4.78, 5) is 20.9. The van der Waals surface area contributed by atoms with Gasteiger partial charge in [-0.1, -0.05) is 50.3 Å². The first-order valence-electron chi connectivity index (χ1n) is 13.1. The van der Waals surface area contributed by atoms with Crippen LogP contribution in [0.1, 0.15) is 62.6 Å². The fourth-order valence-corrected chi connectivity index (χ4v) is 4.13. The Labute approximate surface area is 234 Å². The Hall–Kier alpha value is -3.43. The van der Waals surface area contributed by atoms with Crippen LogP contribution in [0.2, 0.25) is 0 Å². The summed E-state index contributed by atoms with van der Waals surface area (Å²) in [7, 11) is 6.74. The first-order valence-corrected chi connectivity index (χ1v) is 13.1. The number of methoxy groups -OCH3 is 3. The Morgan fingerprint density at radius 2 is 1.69 bits per heavy atom. The summed E-state index contributed by atoms with van der Waals surface area (Å²) in [5.41, 5.74) is 12.7. The van der Waals surface area contributed by atoms with E-state index in [0.717, 1.165) is 29.9 Å². The van der Waals surface area contributed by atoms with Crippen LogP contribution in [-0.2, 0) is 16.0 Å². The van der Waals surface area contributed by atoms with Crippen LogP contribution in [0.5, 0.6) is 17.2 Å². The van der Waals surface area contributed by atoms with E-state index in [2.05, 4.69) is 25.0 Å². The van der Waals surface area contributed by atoms with Gasteiger partial charge in [0.05, 0.1) is 33.8 Å². The molecule has 2 atom stereocenters. The number of carbonyl (C=O) groups excluding carboxylic acids is 2. The summed E-state index contributed by atoms with van der Waals surface area (Å²) in [5, 5.41) is 8.68. The molecule has 0 spiro atoms. The number of hydrogen-bond acceptors (Lipinski definition) is 8. The Balaban J connectivity index is 0.000000541. The van der Waals surface area contributed by atoms with E-state index in [-0.39, 0.29) is 18.4 Å². The quantitative estimate of drug-likeness (QED) is 0.255. The Morgan fingerprint density at radius 3 is 2.21 bits per heavy atom. The molecular formula is C30H48N4O5. The standard InChI is InChI=1S/C10H13NO3.C10H15NO.C9H17NO.CH3N/c1-13-8-4-3-7(6-10(11)12)5-9(8)14-2;1-8(11-2)9-5-4-6-10(7-9)12-3;10-9(7-11)6-8-4-2-1-3-5-8;1-2/h3-5H,6H2,1-2H3,(H2,11,12);4-8,11H,1-3H3;7-9H,1-6,10H2;2H,1H2. The average molecular weight is 545 g/mol. The SMILES string of the molecule is C=N.CNC(C)c1cccc(OC)c1.COc1ccc(CC(N)=O)cc1OC.NC(C=O)CC1CCCCC1. The van der Waals surface area contributed by atoms with E-state index in [1.165, 1.54) is 37.7 Å². The molecule has 1 saturated carbocycles. The molecule has 0 radical (unpaired) electrons. The molecule has 1 aliphatic rings. The second-order valence-corrected chi connectivity index (χ2v) is 9.16. The van der Waals surface area contributed by atoms with Gasteiger partial charge in [-0.3, -0.25) is 4.79 Å². The minimum absolute atomic E-state index is 0.209. The monoisotopic (exact) mass is 544 g/mol. The number of nitrogens with two attached hydrogens (primary N) is 2. The zero-order valence-corrected chi connectivity index (χ0v) is 24.2. The molecule has 0 saturated heterocycles. The molecule has 1 aliphatic carbocycles. The van der Waals surface area contributed by atoms with Gasteiger partial charge in [0.2, 0.25) is 5.91 Å². The molecular weight excluding hydrogens is 496 g/mol. The number of aldehydes is 1. The summed E-state index contributed by atoms with van der Waals surface area (Å²) >= 11 is 0. The summed E-state index contributed by atoms with van der Waals surface area (Å²) in [6.07, 6.45) is 8.57. The van der Waals surface area contributed by atoms with E-state index in [4.69, 9.17) is 31.1 Å². The summed E-state index contributed by atoms with van der Waals surface area (Å²) in [5.74, 6) is 2.52. The van der Waals surface area contributed by atoms with Crippen LogP contribution >= 0.6 is 0 Å². The molecule has 0 heterocycles. The van der Waals surface area contributed by atoms with Crippen molar-refractivity contribution in [2.75, 3.05) is 28.4 Å². The number of nitrogens with one attached hydrogen (secondary N) is 2. The maximum Gasteiger partial charge on any atom is 0.221 e. The van der Waals surface area contributed by atoms with Crippen molar-refractivity contribution in [3.05, 3.63) is 53.6 Å². The second-order valence-electron chi connectivity index (χ2n) is 9.16. The van der Waals surface area contributed by atoms with Gasteiger partial charge < -0.3 is 41.2 Å². The molecule has 0 aliphatic heterocycles. The lowest BCUT2D eigenvalue weighted by Gasteiger charge is -2.22. The van der Waals surface area contributed by atoms with Crippen LogP contribution in [0, 0.1) is 11.3 Å². The maximum atomic E-state index is 10.7. The molecule has 9 nitrogen and oxygen atoms in total. The number of ether oxygens (including phenoxy) is 3. The third-order valence-electron chi connectivity index (χ3n) is 6.36. The van der Waals surface area contributed by atoms with Crippen LogP contribution in [0.3, 0.4) is 0 Å². The fraction of sp³-hybridized carbons (Fsp3) is 0.500. The largest absolute Gasteiger partial charge is 0.497 e. The highest BCUT2D eigenvalue weighted by Gasteiger charge is 2.15. The van der Waals surface area contributed by atoms with E-state index >= 15 is 0 Å². The van der Waals surface area contributed by atoms with Gasteiger partial charge in [-0.05, 0) is 68.4 Å². The Kier molecular flexibility index (Phi) is 19.6. The van der Waals surface area contributed by atoms with Crippen molar-refractivity contribution in [2.24, 2.45) is 17.4 Å². The van der Waals surface area contributed by atoms with Crippen LogP contribution in [-0.4, -0.2) is 53.3 Å². The highest BCUT2D eigenvalue weighted by Crippen LogP contribution is 2.28. The van der Waals surface area contributed by atoms with Crippen LogP contribution in [0.25, 0.3) is 0 Å². The number of rotatable bonds is 10. The lowest BCUT2D eigenvalue weighted by Crippen LogP contribution is -2.25. The van der Waals surface area contributed by atoms with Crippen molar-refractivity contribution < 1.29 is 23.8 Å². The minimum Gasteiger partial charge on any atom is -0.497 e. The number of amides is 1. The zero-order chi connectivity index (χ0) is 29.6. The summed E-state index contributed by atoms with van der Waals surface area (Å²) < 4.78 is 15.3. The summed E-state index contributed by atoms with van der Waals surface area (Å²) in [6, 6.07) is 13.5. The number of benzene rings is 2. The van der Waals surface area contributed by atoms with Crippen molar-refractivity contribution in [1.29, 1.82) is 5.41 Å².